The van der Waals surface area contributed by atoms with Crippen molar-refractivity contribution in [2.75, 3.05) is 0 Å². The van der Waals surface area contributed by atoms with Crippen LogP contribution in [-0.2, 0) is 38.9 Å². The van der Waals surface area contributed by atoms with Crippen molar-refractivity contribution in [1.82, 2.24) is 0 Å². The molecule has 0 unspecified atom stereocenters. The first-order valence-corrected chi connectivity index (χ1v) is 5.72. The molecule has 0 N–H and O–H groups in total. The molecule has 0 aromatic rings. The molecule has 0 spiro atoms. The zero-order valence-corrected chi connectivity index (χ0v) is 6.62. The highest BCUT2D eigenvalue weighted by molar-refractivity contribution is 8.54. The lowest BCUT2D eigenvalue weighted by Crippen LogP contribution is -1.31. The first kappa shape index (κ1) is 6.88. The van der Waals surface area contributed by atoms with E-state index in [9.17, 15) is 0 Å². The first-order valence-electron chi connectivity index (χ1n) is 0.908. The lowest BCUT2D eigenvalue weighted by molar-refractivity contribution is 4.64. The standard InChI is InChI=1S/CS5/c2-1-4-6-5-3. The van der Waals surface area contributed by atoms with E-state index in [0.29, 0.717) is 0 Å². The Kier molecular flexibility index (Phi) is 6.74. The fraction of sp³-hybridized carbons (Fsp3) is 0. The van der Waals surface area contributed by atoms with Gasteiger partial charge in [0.2, 0.25) is 0 Å². The van der Waals surface area contributed by atoms with Gasteiger partial charge in [-0.2, -0.15) is 0 Å². The van der Waals surface area contributed by atoms with Crippen molar-refractivity contribution in [3.05, 3.63) is 0 Å². The van der Waals surface area contributed by atoms with Crippen molar-refractivity contribution in [2.24, 2.45) is 0 Å². The lowest BCUT2D eigenvalue weighted by atomic mass is 12.0. The van der Waals surface area contributed by atoms with Gasteiger partial charge >= 0.3 is 0 Å². The van der Waals surface area contributed by atoms with Gasteiger partial charge in [-0.3, -0.25) is 0 Å². The second-order valence-electron chi connectivity index (χ2n) is 0.303. The Balaban J connectivity index is 4.68. The highest BCUT2D eigenvalue weighted by atomic mass is 33.2. The van der Waals surface area contributed by atoms with Crippen LogP contribution in [0.4, 0.5) is 0 Å². The van der Waals surface area contributed by atoms with E-state index in [-0.39, 0.29) is 0 Å². The van der Waals surface area contributed by atoms with Crippen molar-refractivity contribution >= 4 is 55.4 Å². The molecule has 0 aliphatic rings. The quantitative estimate of drug-likeness (QED) is 0.484. The van der Waals surface area contributed by atoms with Crippen molar-refractivity contribution in [3.8, 4) is 0 Å². The second-order valence-corrected chi connectivity index (χ2v) is 5.17. The van der Waals surface area contributed by atoms with Crippen LogP contribution in [0.5, 0.6) is 0 Å². The van der Waals surface area contributed by atoms with Crippen molar-refractivity contribution in [3.63, 3.8) is 0 Å². The summed E-state index contributed by atoms with van der Waals surface area (Å²) in [5.41, 5.74) is 0. The molecule has 0 saturated carbocycles. The number of hydrogen-bond donors (Lipinski definition) is 0. The third-order valence-corrected chi connectivity index (χ3v) is 4.09. The Morgan fingerprint density at radius 3 is 2.33 bits per heavy atom. The third kappa shape index (κ3) is 4.88. The van der Waals surface area contributed by atoms with Gasteiger partial charge in [-0.1, -0.05) is 0 Å². The molecule has 0 aromatic heterocycles. The van der Waals surface area contributed by atoms with Gasteiger partial charge < -0.3 is 0 Å². The highest BCUT2D eigenvalue weighted by Gasteiger charge is 1.28. The van der Waals surface area contributed by atoms with Crippen molar-refractivity contribution in [2.45, 2.75) is 0 Å². The van der Waals surface area contributed by atoms with Gasteiger partial charge in [0.1, 0.15) is 0 Å². The van der Waals surface area contributed by atoms with Gasteiger partial charge in [-0.05, 0) is 51.1 Å². The smallest absolute Gasteiger partial charge is 0.0148 e. The number of hydrogen-bond acceptors (Lipinski definition) is 2. The Morgan fingerprint density at radius 2 is 2.17 bits per heavy atom. The average molecular weight is 172 g/mol. The van der Waals surface area contributed by atoms with Crippen LogP contribution in [-0.4, -0.2) is 4.31 Å². The van der Waals surface area contributed by atoms with Gasteiger partial charge in [0.15, 0.2) is 0 Å². The average Bonchev–Trinajstić information content (AvgIpc) is 1.61. The molecule has 0 atom stereocenters. The van der Waals surface area contributed by atoms with Gasteiger partial charge in [0.05, 0.1) is 0 Å². The van der Waals surface area contributed by atoms with E-state index in [4.69, 9.17) is 0 Å². The predicted octanol–water partition coefficient (Wildman–Crippen LogP) is 0.360. The molecule has 6 heavy (non-hydrogen) atoms. The summed E-state index contributed by atoms with van der Waals surface area (Å²) in [5, 5.41) is 0. The summed E-state index contributed by atoms with van der Waals surface area (Å²) < 4.78 is 2.44. The Labute approximate surface area is 55.2 Å². The predicted molar refractivity (Wildman–Crippen MR) is 42.1 cm³/mol. The van der Waals surface area contributed by atoms with E-state index in [2.05, 4.69) is 27.7 Å². The Morgan fingerprint density at radius 1 is 1.50 bits per heavy atom. The summed E-state index contributed by atoms with van der Waals surface area (Å²) >= 11 is 8.84. The maximum atomic E-state index is 4.49. The topological polar surface area (TPSA) is 0 Å². The van der Waals surface area contributed by atoms with E-state index < -0.39 is 0 Å². The summed E-state index contributed by atoms with van der Waals surface area (Å²) in [4.78, 5) is 0. The normalized spacial score (nSPS) is 5.33. The van der Waals surface area contributed by atoms with Crippen LogP contribution in [0.2, 0.25) is 0 Å². The van der Waals surface area contributed by atoms with E-state index in [1.165, 1.54) is 27.7 Å². The van der Waals surface area contributed by atoms with Crippen LogP contribution in [0.3, 0.4) is 0 Å². The molecular formula is CS5. The molecule has 0 amide bonds. The van der Waals surface area contributed by atoms with Crippen LogP contribution in [0, 0.1) is 0 Å². The second kappa shape index (κ2) is 5.88. The summed E-state index contributed by atoms with van der Waals surface area (Å²) in [6.07, 6.45) is 0. The zero-order valence-electron chi connectivity index (χ0n) is 2.54. The zero-order chi connectivity index (χ0) is 4.83. The van der Waals surface area contributed by atoms with Crippen LogP contribution < -0.4 is 0 Å². The fourth-order valence-corrected chi connectivity index (χ4v) is 2.25. The summed E-state index contributed by atoms with van der Waals surface area (Å²) in [7, 11) is 4.05. The van der Waals surface area contributed by atoms with E-state index >= 15 is 0 Å². The molecule has 0 bridgehead atoms. The molecule has 0 aliphatic heterocycles. The van der Waals surface area contributed by atoms with E-state index in [0.717, 1.165) is 0 Å². The molecule has 0 fully saturated rings. The third-order valence-electron chi connectivity index (χ3n) is 0.0958. The Hall–Kier alpha value is 0.880. The SMILES string of the molecule is S=C=S=S=S=S. The molecule has 0 aromatic carbocycles. The molecule has 0 aliphatic carbocycles. The van der Waals surface area contributed by atoms with Crippen molar-refractivity contribution < 1.29 is 0 Å². The van der Waals surface area contributed by atoms with Crippen LogP contribution in [0.15, 0.2) is 0 Å². The van der Waals surface area contributed by atoms with Gasteiger partial charge in [0, 0.05) is 4.31 Å². The first-order chi connectivity index (χ1) is 2.91. The number of thiocarbonyl (C=S) groups is 1. The van der Waals surface area contributed by atoms with E-state index in [1.807, 2.05) is 0 Å². The minimum atomic E-state index is 1.26. The molecule has 34 valence electrons. The van der Waals surface area contributed by atoms with Gasteiger partial charge in [-0.25, -0.2) is 0 Å². The highest BCUT2D eigenvalue weighted by Crippen LogP contribution is 1.30. The minimum Gasteiger partial charge on any atom is -0.0148 e. The fourth-order valence-electron chi connectivity index (χ4n) is 0.0278. The molecule has 0 nitrogen and oxygen atoms in total. The van der Waals surface area contributed by atoms with Crippen LogP contribution in [0.1, 0.15) is 0 Å². The van der Waals surface area contributed by atoms with Crippen LogP contribution >= 0.6 is 12.2 Å². The summed E-state index contributed by atoms with van der Waals surface area (Å²) in [6.45, 7) is 0. The maximum Gasteiger partial charge on any atom is 0.0298 e. The molecule has 0 heterocycles. The van der Waals surface area contributed by atoms with Crippen LogP contribution in [0.25, 0.3) is 0 Å². The van der Waals surface area contributed by atoms with Gasteiger partial charge in [0.25, 0.3) is 0 Å². The molecule has 5 heteroatoms. The molecule has 0 radical (unpaired) electrons. The lowest BCUT2D eigenvalue weighted by Gasteiger charge is -1.27. The maximum absolute atomic E-state index is 4.49. The minimum absolute atomic E-state index is 1.26. The molecule has 0 saturated heterocycles. The van der Waals surface area contributed by atoms with Crippen molar-refractivity contribution in [1.29, 1.82) is 0 Å². The Bertz CT molecular complexity index is 136. The summed E-state index contributed by atoms with van der Waals surface area (Å²) in [6, 6.07) is 0. The summed E-state index contributed by atoms with van der Waals surface area (Å²) in [5.74, 6) is 0. The van der Waals surface area contributed by atoms with Gasteiger partial charge in [-0.15, -0.1) is 0 Å². The molecular weight excluding hydrogens is 172 g/mol. The molecule has 0 rings (SSSR count). The monoisotopic (exact) mass is 172 g/mol. The largest absolute Gasteiger partial charge is 0.0298 e. The number of rotatable bonds is 0. The van der Waals surface area contributed by atoms with E-state index in [1.54, 1.807) is 0 Å².